The number of nitrogens with zero attached hydrogens (tertiary/aromatic N) is 3. The minimum absolute atomic E-state index is 0.0829. The fourth-order valence-corrected chi connectivity index (χ4v) is 2.72. The first-order valence-corrected chi connectivity index (χ1v) is 8.47. The zero-order valence-electron chi connectivity index (χ0n) is 14.0. The number of rotatable bonds is 7. The highest BCUT2D eigenvalue weighted by atomic mass is 32.1. The summed E-state index contributed by atoms with van der Waals surface area (Å²) < 4.78 is 2.25. The van der Waals surface area contributed by atoms with Gasteiger partial charge in [0.15, 0.2) is 10.6 Å². The highest BCUT2D eigenvalue weighted by Crippen LogP contribution is 2.18. The third-order valence-corrected chi connectivity index (χ3v) is 4.01. The topological polar surface area (TPSA) is 53.9 Å². The monoisotopic (exact) mass is 332 g/mol. The molecular formula is C17H24N4OS. The smallest absolute Gasteiger partial charge is 0.242 e. The van der Waals surface area contributed by atoms with Crippen LogP contribution in [-0.2, 0) is 11.3 Å². The molecule has 23 heavy (non-hydrogen) atoms. The van der Waals surface area contributed by atoms with Crippen molar-refractivity contribution >= 4 is 18.1 Å². The maximum atomic E-state index is 12.6. The molecule has 5 nitrogen and oxygen atoms in total. The van der Waals surface area contributed by atoms with Crippen LogP contribution >= 0.6 is 12.2 Å². The number of carbonyl (C=O) groups excluding carboxylic acids is 1. The van der Waals surface area contributed by atoms with Gasteiger partial charge in [-0.3, -0.25) is 14.5 Å². The lowest BCUT2D eigenvalue weighted by Crippen LogP contribution is -2.35. The van der Waals surface area contributed by atoms with E-state index >= 15 is 0 Å². The Bertz CT molecular complexity index is 696. The maximum absolute atomic E-state index is 12.6. The van der Waals surface area contributed by atoms with Crippen molar-refractivity contribution in [3.05, 3.63) is 34.6 Å². The van der Waals surface area contributed by atoms with Crippen molar-refractivity contribution in [1.82, 2.24) is 19.7 Å². The normalized spacial score (nSPS) is 10.7. The number of nitrogens with one attached hydrogen (secondary N) is 1. The Morgan fingerprint density at radius 1 is 1.22 bits per heavy atom. The Hall–Kier alpha value is -1.95. The number of aryl methyl sites for hydroxylation is 1. The van der Waals surface area contributed by atoms with Gasteiger partial charge in [-0.2, -0.15) is 5.10 Å². The molecule has 0 saturated heterocycles. The van der Waals surface area contributed by atoms with Crippen LogP contribution < -0.4 is 0 Å². The van der Waals surface area contributed by atoms with Crippen LogP contribution in [0.2, 0.25) is 0 Å². The summed E-state index contributed by atoms with van der Waals surface area (Å²) in [6.07, 6.45) is 1.90. The van der Waals surface area contributed by atoms with E-state index in [0.717, 1.165) is 31.5 Å². The van der Waals surface area contributed by atoms with Gasteiger partial charge in [0.05, 0.1) is 0 Å². The van der Waals surface area contributed by atoms with Gasteiger partial charge in [-0.1, -0.05) is 43.7 Å². The molecule has 1 aromatic carbocycles. The van der Waals surface area contributed by atoms with Crippen molar-refractivity contribution < 1.29 is 4.79 Å². The number of amides is 1. The molecule has 1 N–H and O–H groups in total. The van der Waals surface area contributed by atoms with Crippen molar-refractivity contribution in [3.8, 4) is 11.4 Å². The molecule has 1 amide bonds. The average molecular weight is 332 g/mol. The summed E-state index contributed by atoms with van der Waals surface area (Å²) in [6.45, 7) is 7.97. The first kappa shape index (κ1) is 17.4. The number of aromatic nitrogens is 3. The van der Waals surface area contributed by atoms with Crippen molar-refractivity contribution in [2.75, 3.05) is 13.1 Å². The molecule has 0 spiro atoms. The van der Waals surface area contributed by atoms with Crippen molar-refractivity contribution in [3.63, 3.8) is 0 Å². The summed E-state index contributed by atoms with van der Waals surface area (Å²) in [5, 5.41) is 7.10. The zero-order valence-corrected chi connectivity index (χ0v) is 14.8. The van der Waals surface area contributed by atoms with E-state index in [1.807, 2.05) is 36.1 Å². The molecule has 0 saturated carbocycles. The van der Waals surface area contributed by atoms with Crippen molar-refractivity contribution in [1.29, 1.82) is 0 Å². The second-order valence-electron chi connectivity index (χ2n) is 5.69. The third kappa shape index (κ3) is 4.28. The first-order chi connectivity index (χ1) is 11.1. The molecular weight excluding hydrogens is 308 g/mol. The lowest BCUT2D eigenvalue weighted by Gasteiger charge is -2.22. The van der Waals surface area contributed by atoms with Crippen molar-refractivity contribution in [2.24, 2.45) is 0 Å². The predicted molar refractivity (Wildman–Crippen MR) is 94.7 cm³/mol. The van der Waals surface area contributed by atoms with E-state index in [-0.39, 0.29) is 12.5 Å². The molecule has 0 unspecified atom stereocenters. The minimum Gasteiger partial charge on any atom is -0.341 e. The average Bonchev–Trinajstić information content (AvgIpc) is 2.89. The molecule has 124 valence electrons. The van der Waals surface area contributed by atoms with E-state index < -0.39 is 0 Å². The number of aromatic amines is 1. The standard InChI is InChI=1S/C17H24N4OS/c1-4-10-20(11-5-2)15(22)12-21-16(18-19-17(21)23)14-8-6-13(3)7-9-14/h6-9H,4-5,10-12H2,1-3H3,(H,19,23). The highest BCUT2D eigenvalue weighted by molar-refractivity contribution is 7.71. The van der Waals surface area contributed by atoms with Gasteiger partial charge in [0, 0.05) is 18.7 Å². The summed E-state index contributed by atoms with van der Waals surface area (Å²) in [6, 6.07) is 8.05. The second kappa shape index (κ2) is 8.06. The molecule has 6 heteroatoms. The van der Waals surface area contributed by atoms with Gasteiger partial charge in [-0.05, 0) is 32.0 Å². The molecule has 2 aromatic rings. The van der Waals surface area contributed by atoms with Crippen LogP contribution in [0.3, 0.4) is 0 Å². The number of benzene rings is 1. The third-order valence-electron chi connectivity index (χ3n) is 3.70. The van der Waals surface area contributed by atoms with E-state index in [0.29, 0.717) is 10.6 Å². The van der Waals surface area contributed by atoms with Gasteiger partial charge >= 0.3 is 0 Å². The molecule has 2 rings (SSSR count). The fourth-order valence-electron chi connectivity index (χ4n) is 2.52. The summed E-state index contributed by atoms with van der Waals surface area (Å²) >= 11 is 5.31. The van der Waals surface area contributed by atoms with E-state index in [1.165, 1.54) is 5.56 Å². The van der Waals surface area contributed by atoms with E-state index in [1.54, 1.807) is 4.57 Å². The summed E-state index contributed by atoms with van der Waals surface area (Å²) in [7, 11) is 0. The van der Waals surface area contributed by atoms with Gasteiger partial charge in [0.25, 0.3) is 0 Å². The molecule has 0 atom stereocenters. The van der Waals surface area contributed by atoms with Crippen LogP contribution in [0.4, 0.5) is 0 Å². The predicted octanol–water partition coefficient (Wildman–Crippen LogP) is 3.56. The van der Waals surface area contributed by atoms with Crippen LogP contribution in [-0.4, -0.2) is 38.7 Å². The number of carbonyl (C=O) groups is 1. The Kier molecular flexibility index (Phi) is 6.10. The first-order valence-electron chi connectivity index (χ1n) is 8.06. The molecule has 0 aliphatic carbocycles. The summed E-state index contributed by atoms with van der Waals surface area (Å²) in [4.78, 5) is 14.5. The zero-order chi connectivity index (χ0) is 16.8. The number of hydrogen-bond donors (Lipinski definition) is 1. The molecule has 1 heterocycles. The molecule has 1 aromatic heterocycles. The van der Waals surface area contributed by atoms with Crippen LogP contribution in [0.15, 0.2) is 24.3 Å². The van der Waals surface area contributed by atoms with Gasteiger partial charge in [-0.25, -0.2) is 0 Å². The van der Waals surface area contributed by atoms with Gasteiger partial charge in [0.2, 0.25) is 5.91 Å². The van der Waals surface area contributed by atoms with Crippen LogP contribution in [0, 0.1) is 11.7 Å². The Balaban J connectivity index is 2.26. The van der Waals surface area contributed by atoms with Crippen LogP contribution in [0.5, 0.6) is 0 Å². The van der Waals surface area contributed by atoms with Gasteiger partial charge in [-0.15, -0.1) is 0 Å². The number of H-pyrrole nitrogens is 1. The summed E-state index contributed by atoms with van der Waals surface area (Å²) in [5.74, 6) is 0.788. The van der Waals surface area contributed by atoms with Gasteiger partial charge in [0.1, 0.15) is 6.54 Å². The van der Waals surface area contributed by atoms with Crippen LogP contribution in [0.25, 0.3) is 11.4 Å². The van der Waals surface area contributed by atoms with E-state index in [2.05, 4.69) is 24.0 Å². The highest BCUT2D eigenvalue weighted by Gasteiger charge is 2.16. The van der Waals surface area contributed by atoms with Crippen LogP contribution in [0.1, 0.15) is 32.3 Å². The van der Waals surface area contributed by atoms with E-state index in [4.69, 9.17) is 12.2 Å². The molecule has 0 bridgehead atoms. The Morgan fingerprint density at radius 2 is 1.83 bits per heavy atom. The lowest BCUT2D eigenvalue weighted by atomic mass is 10.1. The molecule has 0 radical (unpaired) electrons. The second-order valence-corrected chi connectivity index (χ2v) is 6.07. The molecule has 0 aliphatic heterocycles. The van der Waals surface area contributed by atoms with E-state index in [9.17, 15) is 4.79 Å². The van der Waals surface area contributed by atoms with Gasteiger partial charge < -0.3 is 4.90 Å². The minimum atomic E-state index is 0.0829. The van der Waals surface area contributed by atoms with Crippen molar-refractivity contribution in [2.45, 2.75) is 40.2 Å². The molecule has 0 fully saturated rings. The lowest BCUT2D eigenvalue weighted by molar-refractivity contribution is -0.131. The fraction of sp³-hybridized carbons (Fsp3) is 0.471. The molecule has 0 aliphatic rings. The quantitative estimate of drug-likeness (QED) is 0.789. The largest absolute Gasteiger partial charge is 0.341 e. The maximum Gasteiger partial charge on any atom is 0.242 e. The Morgan fingerprint density at radius 3 is 2.39 bits per heavy atom. The Labute approximate surface area is 142 Å². The number of hydrogen-bond acceptors (Lipinski definition) is 3. The summed E-state index contributed by atoms with van der Waals surface area (Å²) in [5.41, 5.74) is 2.14. The SMILES string of the molecule is CCCN(CCC)C(=O)Cn1c(-c2ccc(C)cc2)n[nH]c1=S.